The summed E-state index contributed by atoms with van der Waals surface area (Å²) in [7, 11) is 0. The Bertz CT molecular complexity index is 452. The maximum absolute atomic E-state index is 11.8. The van der Waals surface area contributed by atoms with Gasteiger partial charge in [-0.2, -0.15) is 0 Å². The first kappa shape index (κ1) is 14.8. The molecule has 0 saturated heterocycles. The van der Waals surface area contributed by atoms with Crippen LogP contribution in [0.4, 0.5) is 0 Å². The van der Waals surface area contributed by atoms with Crippen LogP contribution in [-0.4, -0.2) is 33.2 Å². The van der Waals surface area contributed by atoms with E-state index in [1.165, 1.54) is 0 Å². The summed E-state index contributed by atoms with van der Waals surface area (Å²) < 4.78 is 0. The number of benzene rings is 1. The Labute approximate surface area is 110 Å². The molecule has 6 heteroatoms. The highest BCUT2D eigenvalue weighted by Crippen LogP contribution is 2.20. The van der Waals surface area contributed by atoms with Crippen LogP contribution in [0, 0.1) is 0 Å². The zero-order valence-electron chi connectivity index (χ0n) is 10.6. The molecule has 0 aliphatic rings. The lowest BCUT2D eigenvalue weighted by Gasteiger charge is -2.14. The van der Waals surface area contributed by atoms with Gasteiger partial charge >= 0.3 is 5.97 Å². The van der Waals surface area contributed by atoms with Gasteiger partial charge in [-0.3, -0.25) is 4.79 Å². The van der Waals surface area contributed by atoms with E-state index in [2.05, 4.69) is 5.32 Å². The van der Waals surface area contributed by atoms with Gasteiger partial charge in [0, 0.05) is 11.6 Å². The van der Waals surface area contributed by atoms with E-state index < -0.39 is 17.9 Å². The van der Waals surface area contributed by atoms with Crippen molar-refractivity contribution in [3.8, 4) is 11.5 Å². The molecule has 0 saturated carbocycles. The topological polar surface area (TPSA) is 107 Å². The number of carboxylic acids is 1. The van der Waals surface area contributed by atoms with Crippen molar-refractivity contribution in [2.45, 2.75) is 32.2 Å². The molecule has 6 nitrogen and oxygen atoms in total. The van der Waals surface area contributed by atoms with Crippen LogP contribution in [0.3, 0.4) is 0 Å². The minimum Gasteiger partial charge on any atom is -0.508 e. The number of nitrogens with one attached hydrogen (secondary N) is 1. The van der Waals surface area contributed by atoms with Gasteiger partial charge in [0.15, 0.2) is 0 Å². The molecule has 1 unspecified atom stereocenters. The number of carbonyl (C=O) groups excluding carboxylic acids is 1. The summed E-state index contributed by atoms with van der Waals surface area (Å²) in [5.41, 5.74) is 0.0141. The second-order valence-corrected chi connectivity index (χ2v) is 4.24. The van der Waals surface area contributed by atoms with Gasteiger partial charge in [0.25, 0.3) is 5.91 Å². The molecule has 0 spiro atoms. The van der Waals surface area contributed by atoms with E-state index in [0.717, 1.165) is 24.6 Å². The van der Waals surface area contributed by atoms with Crippen LogP contribution in [0.2, 0.25) is 0 Å². The Morgan fingerprint density at radius 3 is 2.26 bits per heavy atom. The summed E-state index contributed by atoms with van der Waals surface area (Å²) in [5, 5.41) is 29.9. The lowest BCUT2D eigenvalue weighted by molar-refractivity contribution is -0.139. The smallest absolute Gasteiger partial charge is 0.326 e. The maximum Gasteiger partial charge on any atom is 0.326 e. The minimum atomic E-state index is -1.11. The Hall–Kier alpha value is -2.24. The highest BCUT2D eigenvalue weighted by molar-refractivity contribution is 5.97. The van der Waals surface area contributed by atoms with Crippen LogP contribution in [0.15, 0.2) is 18.2 Å². The van der Waals surface area contributed by atoms with Crippen molar-refractivity contribution in [3.05, 3.63) is 23.8 Å². The molecule has 0 aromatic heterocycles. The number of carbonyl (C=O) groups is 2. The Morgan fingerprint density at radius 2 is 1.79 bits per heavy atom. The highest BCUT2D eigenvalue weighted by Gasteiger charge is 2.20. The van der Waals surface area contributed by atoms with Gasteiger partial charge in [-0.05, 0) is 18.6 Å². The number of rotatable bonds is 6. The largest absolute Gasteiger partial charge is 0.508 e. The number of carboxylic acid groups (broad SMARTS) is 1. The van der Waals surface area contributed by atoms with Crippen LogP contribution in [0.25, 0.3) is 0 Å². The van der Waals surface area contributed by atoms with Crippen LogP contribution >= 0.6 is 0 Å². The lowest BCUT2D eigenvalue weighted by atomic mass is 10.1. The summed E-state index contributed by atoms with van der Waals surface area (Å²) >= 11 is 0. The summed E-state index contributed by atoms with van der Waals surface area (Å²) in [5.74, 6) is -2.27. The molecule has 1 rings (SSSR count). The number of unbranched alkanes of at least 4 members (excludes halogenated alkanes) is 1. The molecule has 1 atom stereocenters. The zero-order chi connectivity index (χ0) is 14.4. The number of phenols is 2. The van der Waals surface area contributed by atoms with E-state index in [1.807, 2.05) is 6.92 Å². The molecule has 0 bridgehead atoms. The molecular formula is C13H17NO5. The van der Waals surface area contributed by atoms with Gasteiger partial charge in [0.05, 0.1) is 0 Å². The average Bonchev–Trinajstić information content (AvgIpc) is 2.32. The predicted molar refractivity (Wildman–Crippen MR) is 68.2 cm³/mol. The van der Waals surface area contributed by atoms with Crippen molar-refractivity contribution in [1.29, 1.82) is 0 Å². The van der Waals surface area contributed by atoms with Gasteiger partial charge in [-0.15, -0.1) is 0 Å². The highest BCUT2D eigenvalue weighted by atomic mass is 16.4. The second-order valence-electron chi connectivity index (χ2n) is 4.24. The fourth-order valence-electron chi connectivity index (χ4n) is 1.63. The van der Waals surface area contributed by atoms with Crippen LogP contribution in [-0.2, 0) is 4.79 Å². The third-order valence-electron chi connectivity index (χ3n) is 2.61. The standard InChI is InChI=1S/C13H17NO5/c1-2-3-4-11(13(18)19)14-12(17)8-5-9(15)7-10(16)6-8/h5-7,11,15-16H,2-4H2,1H3,(H,14,17)(H,18,19). The van der Waals surface area contributed by atoms with Crippen molar-refractivity contribution in [2.75, 3.05) is 0 Å². The fourth-order valence-corrected chi connectivity index (χ4v) is 1.63. The monoisotopic (exact) mass is 267 g/mol. The quantitative estimate of drug-likeness (QED) is 0.624. The minimum absolute atomic E-state index is 0.0141. The summed E-state index contributed by atoms with van der Waals surface area (Å²) in [6.07, 6.45) is 1.84. The molecular weight excluding hydrogens is 250 g/mol. The molecule has 4 N–H and O–H groups in total. The number of phenolic OH excluding ortho intramolecular Hbond substituents is 2. The molecule has 1 aromatic carbocycles. The third-order valence-corrected chi connectivity index (χ3v) is 2.61. The van der Waals surface area contributed by atoms with Gasteiger partial charge in [-0.25, -0.2) is 4.79 Å². The molecule has 19 heavy (non-hydrogen) atoms. The van der Waals surface area contributed by atoms with E-state index in [0.29, 0.717) is 12.8 Å². The maximum atomic E-state index is 11.8. The predicted octanol–water partition coefficient (Wildman–Crippen LogP) is 1.47. The van der Waals surface area contributed by atoms with Crippen LogP contribution < -0.4 is 5.32 Å². The van der Waals surface area contributed by atoms with Crippen molar-refractivity contribution >= 4 is 11.9 Å². The van der Waals surface area contributed by atoms with E-state index in [4.69, 9.17) is 5.11 Å². The van der Waals surface area contributed by atoms with Gasteiger partial charge < -0.3 is 20.6 Å². The SMILES string of the molecule is CCCCC(NC(=O)c1cc(O)cc(O)c1)C(=O)O. The Balaban J connectivity index is 2.78. The number of hydrogen-bond donors (Lipinski definition) is 4. The third kappa shape index (κ3) is 4.50. The Morgan fingerprint density at radius 1 is 1.21 bits per heavy atom. The molecule has 0 aliphatic carbocycles. The van der Waals surface area contributed by atoms with E-state index in [-0.39, 0.29) is 17.1 Å². The number of aromatic hydroxyl groups is 2. The molecule has 0 fully saturated rings. The first-order chi connectivity index (χ1) is 8.93. The lowest BCUT2D eigenvalue weighted by Crippen LogP contribution is -2.40. The van der Waals surface area contributed by atoms with Crippen molar-refractivity contribution in [3.63, 3.8) is 0 Å². The van der Waals surface area contributed by atoms with E-state index >= 15 is 0 Å². The first-order valence-corrected chi connectivity index (χ1v) is 6.00. The summed E-state index contributed by atoms with van der Waals surface area (Å²) in [4.78, 5) is 22.8. The number of amides is 1. The Kier molecular flexibility index (Phi) is 5.17. The van der Waals surface area contributed by atoms with Gasteiger partial charge in [0.1, 0.15) is 17.5 Å². The average molecular weight is 267 g/mol. The molecule has 1 aromatic rings. The zero-order valence-corrected chi connectivity index (χ0v) is 10.6. The number of aliphatic carboxylic acids is 1. The van der Waals surface area contributed by atoms with Gasteiger partial charge in [-0.1, -0.05) is 19.8 Å². The van der Waals surface area contributed by atoms with Crippen LogP contribution in [0.5, 0.6) is 11.5 Å². The molecule has 104 valence electrons. The normalized spacial score (nSPS) is 11.8. The fraction of sp³-hybridized carbons (Fsp3) is 0.385. The van der Waals surface area contributed by atoms with E-state index in [9.17, 15) is 19.8 Å². The van der Waals surface area contributed by atoms with Crippen molar-refractivity contribution in [2.24, 2.45) is 0 Å². The van der Waals surface area contributed by atoms with Crippen molar-refractivity contribution in [1.82, 2.24) is 5.32 Å². The second kappa shape index (κ2) is 6.63. The molecule has 1 amide bonds. The molecule has 0 radical (unpaired) electrons. The van der Waals surface area contributed by atoms with Gasteiger partial charge in [0.2, 0.25) is 0 Å². The van der Waals surface area contributed by atoms with Crippen molar-refractivity contribution < 1.29 is 24.9 Å². The summed E-state index contributed by atoms with van der Waals surface area (Å²) in [6.45, 7) is 1.92. The summed E-state index contributed by atoms with van der Waals surface area (Å²) in [6, 6.07) is 2.43. The number of hydrogen-bond acceptors (Lipinski definition) is 4. The van der Waals surface area contributed by atoms with Crippen LogP contribution in [0.1, 0.15) is 36.5 Å². The molecule has 0 aliphatic heterocycles. The molecule has 0 heterocycles. The van der Waals surface area contributed by atoms with E-state index in [1.54, 1.807) is 0 Å². The first-order valence-electron chi connectivity index (χ1n) is 6.00.